The number of carbonyl (C=O) groups excluding carboxylic acids is 2. The maximum atomic E-state index is 12.2. The molecule has 6 heteroatoms. The van der Waals surface area contributed by atoms with Crippen molar-refractivity contribution in [1.29, 1.82) is 0 Å². The van der Waals surface area contributed by atoms with Crippen molar-refractivity contribution < 1.29 is 28.5 Å². The van der Waals surface area contributed by atoms with Gasteiger partial charge in [-0.05, 0) is 55.5 Å². The Balaban J connectivity index is 1.90. The minimum absolute atomic E-state index is 0.290. The second kappa shape index (κ2) is 9.97. The lowest BCUT2D eigenvalue weighted by atomic mass is 10.2. The fourth-order valence-electron chi connectivity index (χ4n) is 2.06. The van der Waals surface area contributed by atoms with Crippen LogP contribution in [0.1, 0.15) is 24.2 Å². The molecule has 0 saturated carbocycles. The molecule has 0 aliphatic rings. The van der Waals surface area contributed by atoms with Crippen LogP contribution in [0.5, 0.6) is 17.2 Å². The van der Waals surface area contributed by atoms with Gasteiger partial charge in [-0.1, -0.05) is 19.2 Å². The quantitative estimate of drug-likeness (QED) is 0.212. The lowest BCUT2D eigenvalue weighted by molar-refractivity contribution is -0.156. The number of rotatable bonds is 9. The van der Waals surface area contributed by atoms with Crippen molar-refractivity contribution in [2.45, 2.75) is 20.1 Å². The summed E-state index contributed by atoms with van der Waals surface area (Å²) in [4.78, 5) is 23.7. The van der Waals surface area contributed by atoms with Crippen LogP contribution in [-0.2, 0) is 9.53 Å². The molecule has 0 bridgehead atoms. The van der Waals surface area contributed by atoms with Crippen molar-refractivity contribution in [3.05, 3.63) is 78.9 Å². The van der Waals surface area contributed by atoms with Crippen LogP contribution < -0.4 is 14.2 Å². The summed E-state index contributed by atoms with van der Waals surface area (Å²) in [5.74, 6) is 0.438. The maximum absolute atomic E-state index is 12.2. The van der Waals surface area contributed by atoms with Crippen LogP contribution in [0, 0.1) is 0 Å². The van der Waals surface area contributed by atoms with E-state index in [0.717, 1.165) is 0 Å². The maximum Gasteiger partial charge on any atom is 0.343 e. The largest absolute Gasteiger partial charge is 0.490 e. The summed E-state index contributed by atoms with van der Waals surface area (Å²) >= 11 is 0. The van der Waals surface area contributed by atoms with Crippen LogP contribution in [0.4, 0.5) is 0 Å². The highest BCUT2D eigenvalue weighted by molar-refractivity contribution is 5.91. The molecule has 2 rings (SSSR count). The predicted molar refractivity (Wildman–Crippen MR) is 105 cm³/mol. The smallest absolute Gasteiger partial charge is 0.343 e. The van der Waals surface area contributed by atoms with E-state index in [9.17, 15) is 9.59 Å². The first-order valence-corrected chi connectivity index (χ1v) is 8.58. The van der Waals surface area contributed by atoms with Gasteiger partial charge in [-0.3, -0.25) is 0 Å². The summed E-state index contributed by atoms with van der Waals surface area (Å²) in [6.45, 7) is 10.6. The Kier molecular flexibility index (Phi) is 7.39. The highest BCUT2D eigenvalue weighted by atomic mass is 16.7. The summed E-state index contributed by atoms with van der Waals surface area (Å²) in [6, 6.07) is 13.0. The second-order valence-electron chi connectivity index (χ2n) is 5.86. The molecule has 1 unspecified atom stereocenters. The molecule has 0 radical (unpaired) electrons. The normalized spacial score (nSPS) is 11.1. The molecule has 2 aromatic carbocycles. The Morgan fingerprint density at radius 1 is 1.00 bits per heavy atom. The molecule has 0 aliphatic carbocycles. The Bertz CT molecular complexity index is 836. The number of carbonyl (C=O) groups is 2. The van der Waals surface area contributed by atoms with E-state index < -0.39 is 18.2 Å². The molecule has 0 aromatic heterocycles. The van der Waals surface area contributed by atoms with Gasteiger partial charge in [-0.25, -0.2) is 9.59 Å². The number of esters is 2. The minimum Gasteiger partial charge on any atom is -0.490 e. The second-order valence-corrected chi connectivity index (χ2v) is 5.86. The van der Waals surface area contributed by atoms with Gasteiger partial charge in [0.05, 0.1) is 5.56 Å². The average Bonchev–Trinajstić information content (AvgIpc) is 2.68. The molecule has 0 amide bonds. The van der Waals surface area contributed by atoms with Gasteiger partial charge in [0.1, 0.15) is 23.9 Å². The zero-order valence-corrected chi connectivity index (χ0v) is 15.8. The van der Waals surface area contributed by atoms with E-state index in [2.05, 4.69) is 13.2 Å². The van der Waals surface area contributed by atoms with Crippen molar-refractivity contribution in [3.8, 4) is 17.2 Å². The van der Waals surface area contributed by atoms with Crippen LogP contribution in [0.15, 0.2) is 73.3 Å². The van der Waals surface area contributed by atoms with E-state index in [1.165, 1.54) is 0 Å². The molecule has 0 N–H and O–H groups in total. The molecule has 28 heavy (non-hydrogen) atoms. The van der Waals surface area contributed by atoms with Crippen molar-refractivity contribution in [3.63, 3.8) is 0 Å². The topological polar surface area (TPSA) is 71.1 Å². The summed E-state index contributed by atoms with van der Waals surface area (Å²) in [5, 5.41) is 0. The molecule has 0 fully saturated rings. The fourth-order valence-corrected chi connectivity index (χ4v) is 2.06. The van der Waals surface area contributed by atoms with E-state index >= 15 is 0 Å². The highest BCUT2D eigenvalue weighted by Gasteiger charge is 2.12. The summed E-state index contributed by atoms with van der Waals surface area (Å²) in [5.41, 5.74) is 0.685. The molecule has 0 saturated heterocycles. The van der Waals surface area contributed by atoms with E-state index in [-0.39, 0.29) is 5.57 Å². The third-order valence-corrected chi connectivity index (χ3v) is 3.42. The Labute approximate surface area is 164 Å². The SMILES string of the molecule is C=CCOc1ccc(C(=O)Oc2ccc(OC(C)OC(=O)C(=C)C)cc2)cc1. The summed E-state index contributed by atoms with van der Waals surface area (Å²) in [7, 11) is 0. The number of hydrogen-bond acceptors (Lipinski definition) is 6. The van der Waals surface area contributed by atoms with Gasteiger partial charge in [0.25, 0.3) is 0 Å². The van der Waals surface area contributed by atoms with Crippen molar-refractivity contribution in [2.24, 2.45) is 0 Å². The monoisotopic (exact) mass is 382 g/mol. The molecule has 1 atom stereocenters. The van der Waals surface area contributed by atoms with E-state index in [4.69, 9.17) is 18.9 Å². The van der Waals surface area contributed by atoms with E-state index in [1.807, 2.05) is 0 Å². The molecule has 0 aliphatic heterocycles. The van der Waals surface area contributed by atoms with Gasteiger partial charge < -0.3 is 18.9 Å². The first-order chi connectivity index (χ1) is 13.4. The molecular weight excluding hydrogens is 360 g/mol. The van der Waals surface area contributed by atoms with Gasteiger partial charge in [0, 0.05) is 12.5 Å². The van der Waals surface area contributed by atoms with E-state index in [0.29, 0.717) is 29.4 Å². The van der Waals surface area contributed by atoms with Crippen LogP contribution >= 0.6 is 0 Å². The van der Waals surface area contributed by atoms with Gasteiger partial charge in [0.15, 0.2) is 0 Å². The molecule has 2 aromatic rings. The predicted octanol–water partition coefficient (Wildman–Crippen LogP) is 4.31. The summed E-state index contributed by atoms with van der Waals surface area (Å²) in [6.07, 6.45) is 0.861. The van der Waals surface area contributed by atoms with Gasteiger partial charge in [0.2, 0.25) is 6.29 Å². The Morgan fingerprint density at radius 2 is 1.57 bits per heavy atom. The highest BCUT2D eigenvalue weighted by Crippen LogP contribution is 2.21. The van der Waals surface area contributed by atoms with Crippen LogP contribution in [0.25, 0.3) is 0 Å². The number of ether oxygens (including phenoxy) is 4. The fraction of sp³-hybridized carbons (Fsp3) is 0.182. The minimum atomic E-state index is -0.778. The Hall–Kier alpha value is -3.54. The van der Waals surface area contributed by atoms with Crippen LogP contribution in [0.2, 0.25) is 0 Å². The molecule has 6 nitrogen and oxygen atoms in total. The molecule has 0 heterocycles. The van der Waals surface area contributed by atoms with Gasteiger partial charge >= 0.3 is 11.9 Å². The van der Waals surface area contributed by atoms with Crippen molar-refractivity contribution in [1.82, 2.24) is 0 Å². The van der Waals surface area contributed by atoms with Crippen molar-refractivity contribution >= 4 is 11.9 Å². The number of hydrogen-bond donors (Lipinski definition) is 0. The molecule has 146 valence electrons. The standard InChI is InChI=1S/C22H22O6/c1-5-14-25-18-8-6-17(7-9-18)22(24)28-20-12-10-19(11-13-20)26-16(4)27-21(23)15(2)3/h5-13,16H,1-2,14H2,3-4H3. The average molecular weight is 382 g/mol. The van der Waals surface area contributed by atoms with Crippen molar-refractivity contribution in [2.75, 3.05) is 6.61 Å². The lowest BCUT2D eigenvalue weighted by Crippen LogP contribution is -2.21. The van der Waals surface area contributed by atoms with Gasteiger partial charge in [-0.15, -0.1) is 0 Å². The Morgan fingerprint density at radius 3 is 2.14 bits per heavy atom. The first-order valence-electron chi connectivity index (χ1n) is 8.58. The lowest BCUT2D eigenvalue weighted by Gasteiger charge is -2.15. The van der Waals surface area contributed by atoms with Crippen LogP contribution in [0.3, 0.4) is 0 Å². The zero-order valence-electron chi connectivity index (χ0n) is 15.8. The zero-order chi connectivity index (χ0) is 20.5. The molecular formula is C22H22O6. The van der Waals surface area contributed by atoms with Crippen LogP contribution in [-0.4, -0.2) is 24.8 Å². The third kappa shape index (κ3) is 6.32. The third-order valence-electron chi connectivity index (χ3n) is 3.42. The number of benzene rings is 2. The molecule has 0 spiro atoms. The first kappa shape index (κ1) is 20.8. The van der Waals surface area contributed by atoms with E-state index in [1.54, 1.807) is 68.5 Å². The van der Waals surface area contributed by atoms with Gasteiger partial charge in [-0.2, -0.15) is 0 Å². The summed E-state index contributed by atoms with van der Waals surface area (Å²) < 4.78 is 21.2.